The van der Waals surface area contributed by atoms with E-state index in [-0.39, 0.29) is 24.7 Å². The number of unbranched alkanes of at least 4 members (excludes halogenated alkanes) is 8. The lowest BCUT2D eigenvalue weighted by atomic mass is 9.88. The molecule has 62 heavy (non-hydrogen) atoms. The van der Waals surface area contributed by atoms with Gasteiger partial charge >= 0.3 is 19.8 Å². The highest BCUT2D eigenvalue weighted by Crippen LogP contribution is 2.43. The fraction of sp³-hybridized carbons (Fsp3) is 0.708. The van der Waals surface area contributed by atoms with Crippen molar-refractivity contribution >= 4 is 19.8 Å². The molecule has 0 aromatic heterocycles. The van der Waals surface area contributed by atoms with Crippen LogP contribution in [0, 0.1) is 11.8 Å². The maximum atomic E-state index is 12.7. The largest absolute Gasteiger partial charge is 0.472 e. The highest BCUT2D eigenvalue weighted by molar-refractivity contribution is 7.47. The summed E-state index contributed by atoms with van der Waals surface area (Å²) in [5, 5.41) is 49.8. The number of ether oxygens (including phenoxy) is 2. The van der Waals surface area contributed by atoms with Crippen molar-refractivity contribution in [2.24, 2.45) is 11.8 Å². The molecule has 0 amide bonds. The second-order valence-electron chi connectivity index (χ2n) is 16.0. The number of phosphoric acid groups is 1. The van der Waals surface area contributed by atoms with Crippen LogP contribution in [0.2, 0.25) is 0 Å². The standard InChI is InChI=1S/C48H81O13P/c1-3-5-7-8-9-10-11-12-13-14-15-16-17-18-19-20-21-22-28-32-48(55)61-42(39-60-62(56,57)59-37-41(51)36-49)38-58-47(54)31-27-24-23-26-30-43-44(46(53)35-45(43)52)34-33-40(50)29-25-6-4-2/h5,7,9-10,12-13,15-16,18-19,33-34,40-46,49-53H,3-4,6,8,11,14,17,20-32,35-39H2,1-2H3,(H,56,57)/b7-5-,10-9-,13-12-,16-15-,19-18-,34-33+/t40-,41-,42+,43+,44+,45-,46+/m0/s1. The van der Waals surface area contributed by atoms with Gasteiger partial charge in [-0.2, -0.15) is 0 Å². The molecule has 1 rings (SSSR count). The van der Waals surface area contributed by atoms with Gasteiger partial charge in [-0.1, -0.05) is 132 Å². The average Bonchev–Trinajstić information content (AvgIpc) is 3.52. The highest BCUT2D eigenvalue weighted by Gasteiger charge is 2.39. The molecule has 0 aliphatic heterocycles. The lowest BCUT2D eigenvalue weighted by Crippen LogP contribution is -2.29. The second-order valence-corrected chi connectivity index (χ2v) is 17.5. The summed E-state index contributed by atoms with van der Waals surface area (Å²) >= 11 is 0. The van der Waals surface area contributed by atoms with Crippen LogP contribution in [-0.2, 0) is 32.7 Å². The van der Waals surface area contributed by atoms with Crippen LogP contribution in [0.15, 0.2) is 72.9 Å². The number of aliphatic hydroxyl groups is 5. The zero-order valence-corrected chi connectivity index (χ0v) is 38.5. The summed E-state index contributed by atoms with van der Waals surface area (Å²) < 4.78 is 32.7. The SMILES string of the molecule is CC/C=C\C/C=C\C/C=C\C/C=C\C/C=C\CCCCCC(=O)O[C@H](COC(=O)CCCCCC[C@@H]1[C@@H](/C=C/[C@@H](O)CCCCC)[C@H](O)C[C@@H]1O)COP(=O)(O)OC[C@@H](O)CO. The van der Waals surface area contributed by atoms with Crippen LogP contribution in [-0.4, -0.2) is 99.3 Å². The molecular weight excluding hydrogens is 815 g/mol. The molecule has 8 atom stereocenters. The van der Waals surface area contributed by atoms with Gasteiger partial charge in [0.2, 0.25) is 0 Å². The molecule has 1 aliphatic rings. The molecular formula is C48H81O13P. The molecule has 13 nitrogen and oxygen atoms in total. The van der Waals surface area contributed by atoms with Crippen LogP contribution < -0.4 is 0 Å². The molecule has 0 radical (unpaired) electrons. The average molecular weight is 897 g/mol. The van der Waals surface area contributed by atoms with Gasteiger partial charge < -0.3 is 39.9 Å². The lowest BCUT2D eigenvalue weighted by Gasteiger charge is -2.21. The minimum Gasteiger partial charge on any atom is -0.462 e. The Morgan fingerprint density at radius 2 is 1.27 bits per heavy atom. The van der Waals surface area contributed by atoms with Crippen molar-refractivity contribution in [3.63, 3.8) is 0 Å². The van der Waals surface area contributed by atoms with E-state index >= 15 is 0 Å². The van der Waals surface area contributed by atoms with Crippen LogP contribution in [0.25, 0.3) is 0 Å². The van der Waals surface area contributed by atoms with Crippen LogP contribution in [0.3, 0.4) is 0 Å². The van der Waals surface area contributed by atoms with Crippen molar-refractivity contribution in [1.29, 1.82) is 0 Å². The Morgan fingerprint density at radius 3 is 1.90 bits per heavy atom. The molecule has 1 unspecified atom stereocenters. The third-order valence-corrected chi connectivity index (χ3v) is 11.4. The van der Waals surface area contributed by atoms with Gasteiger partial charge in [0.1, 0.15) is 12.7 Å². The Kier molecular flexibility index (Phi) is 34.8. The first-order valence-corrected chi connectivity index (χ1v) is 24.6. The quantitative estimate of drug-likeness (QED) is 0.0148. The lowest BCUT2D eigenvalue weighted by molar-refractivity contribution is -0.161. The van der Waals surface area contributed by atoms with Gasteiger partial charge in [0.25, 0.3) is 0 Å². The maximum absolute atomic E-state index is 12.7. The molecule has 1 saturated carbocycles. The van der Waals surface area contributed by atoms with Crippen molar-refractivity contribution in [3.05, 3.63) is 72.9 Å². The number of carbonyl (C=O) groups is 2. The monoisotopic (exact) mass is 897 g/mol. The van der Waals surface area contributed by atoms with Crippen LogP contribution in [0.1, 0.15) is 149 Å². The number of phosphoric ester groups is 1. The number of allylic oxidation sites excluding steroid dienone is 10. The van der Waals surface area contributed by atoms with Crippen LogP contribution in [0.4, 0.5) is 0 Å². The molecule has 0 aromatic rings. The summed E-state index contributed by atoms with van der Waals surface area (Å²) in [6, 6.07) is 0. The smallest absolute Gasteiger partial charge is 0.462 e. The van der Waals surface area contributed by atoms with E-state index in [0.29, 0.717) is 32.1 Å². The van der Waals surface area contributed by atoms with Gasteiger partial charge in [-0.05, 0) is 76.5 Å². The Balaban J connectivity index is 2.44. The van der Waals surface area contributed by atoms with Gasteiger partial charge in [0.05, 0.1) is 38.1 Å². The van der Waals surface area contributed by atoms with E-state index in [1.54, 1.807) is 6.08 Å². The first-order valence-electron chi connectivity index (χ1n) is 23.2. The van der Waals surface area contributed by atoms with Crippen molar-refractivity contribution in [1.82, 2.24) is 0 Å². The van der Waals surface area contributed by atoms with E-state index in [1.165, 1.54) is 0 Å². The van der Waals surface area contributed by atoms with Gasteiger partial charge in [-0.25, -0.2) is 4.57 Å². The maximum Gasteiger partial charge on any atom is 0.472 e. The zero-order chi connectivity index (χ0) is 45.7. The number of aliphatic hydroxyl groups excluding tert-OH is 5. The van der Waals surface area contributed by atoms with E-state index in [0.717, 1.165) is 89.9 Å². The van der Waals surface area contributed by atoms with E-state index in [1.807, 2.05) is 6.08 Å². The summed E-state index contributed by atoms with van der Waals surface area (Å²) in [7, 11) is -4.69. The Hall–Kier alpha value is -2.71. The Morgan fingerprint density at radius 1 is 0.694 bits per heavy atom. The fourth-order valence-electron chi connectivity index (χ4n) is 6.88. The number of hydrogen-bond donors (Lipinski definition) is 6. The second kappa shape index (κ2) is 37.6. The van der Waals surface area contributed by atoms with Crippen molar-refractivity contribution < 1.29 is 63.1 Å². The van der Waals surface area contributed by atoms with Gasteiger partial charge in [0.15, 0.2) is 6.10 Å². The molecule has 0 aromatic carbocycles. The molecule has 6 N–H and O–H groups in total. The summed E-state index contributed by atoms with van der Waals surface area (Å²) in [5.74, 6) is -1.43. The van der Waals surface area contributed by atoms with Gasteiger partial charge in [0, 0.05) is 25.2 Å². The van der Waals surface area contributed by atoms with Crippen LogP contribution >= 0.6 is 7.82 Å². The van der Waals surface area contributed by atoms with E-state index < -0.39 is 76.7 Å². The topological polar surface area (TPSA) is 210 Å². The minimum atomic E-state index is -4.69. The Bertz CT molecular complexity index is 1380. The van der Waals surface area contributed by atoms with Crippen molar-refractivity contribution in [2.75, 3.05) is 26.4 Å². The van der Waals surface area contributed by atoms with E-state index in [4.69, 9.17) is 19.1 Å². The zero-order valence-electron chi connectivity index (χ0n) is 37.6. The van der Waals surface area contributed by atoms with Gasteiger partial charge in [-0.3, -0.25) is 18.6 Å². The summed E-state index contributed by atoms with van der Waals surface area (Å²) in [6.07, 6.45) is 36.4. The van der Waals surface area contributed by atoms with Crippen LogP contribution in [0.5, 0.6) is 0 Å². The number of rotatable bonds is 38. The molecule has 356 valence electrons. The normalized spacial score (nSPS) is 21.0. The molecule has 14 heteroatoms. The molecule has 1 aliphatic carbocycles. The first kappa shape index (κ1) is 57.3. The summed E-state index contributed by atoms with van der Waals surface area (Å²) in [6.45, 7) is 1.88. The molecule has 0 saturated heterocycles. The molecule has 0 bridgehead atoms. The third-order valence-electron chi connectivity index (χ3n) is 10.4. The predicted molar refractivity (Wildman–Crippen MR) is 244 cm³/mol. The predicted octanol–water partition coefficient (Wildman–Crippen LogP) is 8.83. The van der Waals surface area contributed by atoms with E-state index in [2.05, 4.69) is 79.1 Å². The van der Waals surface area contributed by atoms with E-state index in [9.17, 15) is 39.5 Å². The third kappa shape index (κ3) is 31.2. The number of esters is 2. The van der Waals surface area contributed by atoms with Crippen molar-refractivity contribution in [3.8, 4) is 0 Å². The fourth-order valence-corrected chi connectivity index (χ4v) is 7.67. The molecule has 0 spiro atoms. The number of carbonyl (C=O) groups excluding carboxylic acids is 2. The summed E-state index contributed by atoms with van der Waals surface area (Å²) in [5.41, 5.74) is 0. The first-order chi connectivity index (χ1) is 29.9. The molecule has 1 fully saturated rings. The highest BCUT2D eigenvalue weighted by atomic mass is 31.2. The number of hydrogen-bond acceptors (Lipinski definition) is 12. The molecule has 0 heterocycles. The van der Waals surface area contributed by atoms with Crippen molar-refractivity contribution in [2.45, 2.75) is 179 Å². The Labute approximate surface area is 372 Å². The minimum absolute atomic E-state index is 0.0982. The summed E-state index contributed by atoms with van der Waals surface area (Å²) in [4.78, 5) is 35.3. The van der Waals surface area contributed by atoms with Gasteiger partial charge in [-0.15, -0.1) is 0 Å².